The van der Waals surface area contributed by atoms with Gasteiger partial charge in [-0.15, -0.1) is 0 Å². The van der Waals surface area contributed by atoms with Crippen molar-refractivity contribution in [3.8, 4) is 11.3 Å². The van der Waals surface area contributed by atoms with Crippen LogP contribution in [0.2, 0.25) is 0 Å². The number of benzene rings is 2. The third-order valence-corrected chi connectivity index (χ3v) is 5.38. The predicted molar refractivity (Wildman–Crippen MR) is 115 cm³/mol. The first-order valence-electron chi connectivity index (χ1n) is 10.3. The normalized spacial score (nSPS) is 12.1. The van der Waals surface area contributed by atoms with E-state index in [0.717, 1.165) is 23.3 Å². The molecule has 2 aromatic carbocycles. The van der Waals surface area contributed by atoms with Crippen LogP contribution < -0.4 is 5.32 Å². The van der Waals surface area contributed by atoms with Gasteiger partial charge in [-0.05, 0) is 36.1 Å². The fourth-order valence-electron chi connectivity index (χ4n) is 3.46. The minimum atomic E-state index is -4.37. The molecule has 3 aromatic rings. The molecule has 0 spiro atoms. The van der Waals surface area contributed by atoms with E-state index in [9.17, 15) is 28.2 Å². The molecule has 3 rings (SSSR count). The summed E-state index contributed by atoms with van der Waals surface area (Å²) in [6.45, 7) is 0.586. The number of alkyl halides is 3. The number of aromatic nitrogens is 1. The largest absolute Gasteiger partial charge is 0.448 e. The molecule has 1 aromatic heterocycles. The average Bonchev–Trinajstić information content (AvgIpc) is 3.25. The van der Waals surface area contributed by atoms with Crippen LogP contribution in [0.25, 0.3) is 11.3 Å². The van der Waals surface area contributed by atoms with Gasteiger partial charge in [0.2, 0.25) is 5.91 Å². The summed E-state index contributed by atoms with van der Waals surface area (Å²) in [6.07, 6.45) is -1.72. The zero-order valence-electron chi connectivity index (χ0n) is 18.0. The quantitative estimate of drug-likeness (QED) is 0.450. The van der Waals surface area contributed by atoms with Crippen molar-refractivity contribution in [3.05, 3.63) is 77.4 Å². The first-order valence-corrected chi connectivity index (χ1v) is 10.3. The van der Waals surface area contributed by atoms with Crippen LogP contribution in [0, 0.1) is 0 Å². The molecule has 0 unspecified atom stereocenters. The molecule has 6 nitrogen and oxygen atoms in total. The van der Waals surface area contributed by atoms with Crippen molar-refractivity contribution < 1.29 is 32.6 Å². The summed E-state index contributed by atoms with van der Waals surface area (Å²) in [5.41, 5.74) is 1.22. The first kappa shape index (κ1) is 24.5. The maximum atomic E-state index is 12.7. The zero-order valence-corrected chi connectivity index (χ0v) is 18.0. The van der Waals surface area contributed by atoms with Crippen molar-refractivity contribution in [2.24, 2.45) is 0 Å². The Balaban J connectivity index is 1.63. The Morgan fingerprint density at radius 3 is 2.15 bits per heavy atom. The van der Waals surface area contributed by atoms with Gasteiger partial charge in [-0.25, -0.2) is 4.98 Å². The van der Waals surface area contributed by atoms with Crippen LogP contribution in [0.1, 0.15) is 35.9 Å². The van der Waals surface area contributed by atoms with Gasteiger partial charge < -0.3 is 19.9 Å². The van der Waals surface area contributed by atoms with Crippen LogP contribution in [0.15, 0.2) is 59.2 Å². The Labute approximate surface area is 189 Å². The minimum Gasteiger partial charge on any atom is -0.448 e. The molecule has 0 fully saturated rings. The monoisotopic (exact) mass is 462 g/mol. The van der Waals surface area contributed by atoms with E-state index in [1.807, 2.05) is 24.3 Å². The highest BCUT2D eigenvalue weighted by Gasteiger charge is 2.30. The summed E-state index contributed by atoms with van der Waals surface area (Å²) in [4.78, 5) is 15.8. The summed E-state index contributed by atoms with van der Waals surface area (Å²) < 4.78 is 43.5. The molecule has 1 amide bonds. The van der Waals surface area contributed by atoms with Crippen LogP contribution in [-0.2, 0) is 23.8 Å². The topological polar surface area (TPSA) is 95.6 Å². The van der Waals surface area contributed by atoms with E-state index in [1.54, 1.807) is 0 Å². The third-order valence-electron chi connectivity index (χ3n) is 5.38. The minimum absolute atomic E-state index is 0.268. The summed E-state index contributed by atoms with van der Waals surface area (Å²) >= 11 is 0. The number of aliphatic hydroxyl groups is 2. The maximum Gasteiger partial charge on any atom is 0.416 e. The Bertz CT molecular complexity index is 1060. The highest BCUT2D eigenvalue weighted by atomic mass is 19.4. The number of amides is 1. The molecule has 0 bridgehead atoms. The van der Waals surface area contributed by atoms with Crippen molar-refractivity contribution in [2.75, 3.05) is 13.2 Å². The predicted octanol–water partition coefficient (Wildman–Crippen LogP) is 3.74. The number of nitrogens with zero attached hydrogens (tertiary/aromatic N) is 1. The highest BCUT2D eigenvalue weighted by molar-refractivity contribution is 5.73. The lowest BCUT2D eigenvalue weighted by Crippen LogP contribution is -2.53. The SMILES string of the molecule is CC(=O)NC(CO)(CO)CCc1ccc(-c2coc(Cc3ccc(C(F)(F)F)cc3)n2)cc1. The number of hydrogen-bond acceptors (Lipinski definition) is 5. The molecule has 1 heterocycles. The van der Waals surface area contributed by atoms with E-state index in [4.69, 9.17) is 4.42 Å². The molecule has 176 valence electrons. The number of carbonyl (C=O) groups is 1. The van der Waals surface area contributed by atoms with E-state index in [0.29, 0.717) is 30.0 Å². The van der Waals surface area contributed by atoms with Gasteiger partial charge >= 0.3 is 6.18 Å². The fourth-order valence-corrected chi connectivity index (χ4v) is 3.46. The van der Waals surface area contributed by atoms with E-state index in [2.05, 4.69) is 10.3 Å². The number of aryl methyl sites for hydroxylation is 1. The lowest BCUT2D eigenvalue weighted by Gasteiger charge is -2.30. The summed E-state index contributed by atoms with van der Waals surface area (Å²) in [5, 5.41) is 21.8. The summed E-state index contributed by atoms with van der Waals surface area (Å²) in [5.74, 6) is 0.0615. The van der Waals surface area contributed by atoms with Gasteiger partial charge in [0.25, 0.3) is 0 Å². The van der Waals surface area contributed by atoms with E-state index < -0.39 is 17.3 Å². The lowest BCUT2D eigenvalue weighted by atomic mass is 9.92. The van der Waals surface area contributed by atoms with Gasteiger partial charge in [0.05, 0.1) is 24.3 Å². The molecule has 0 aliphatic carbocycles. The molecule has 33 heavy (non-hydrogen) atoms. The van der Waals surface area contributed by atoms with Crippen LogP contribution in [0.3, 0.4) is 0 Å². The molecular weight excluding hydrogens is 437 g/mol. The number of hydrogen-bond donors (Lipinski definition) is 3. The second-order valence-electron chi connectivity index (χ2n) is 7.97. The van der Waals surface area contributed by atoms with E-state index in [1.165, 1.54) is 25.3 Å². The van der Waals surface area contributed by atoms with Crippen LogP contribution in [0.5, 0.6) is 0 Å². The Morgan fingerprint density at radius 2 is 1.61 bits per heavy atom. The van der Waals surface area contributed by atoms with Crippen LogP contribution in [0.4, 0.5) is 13.2 Å². The van der Waals surface area contributed by atoms with Crippen molar-refractivity contribution >= 4 is 5.91 Å². The number of oxazole rings is 1. The van der Waals surface area contributed by atoms with Crippen LogP contribution >= 0.6 is 0 Å². The average molecular weight is 462 g/mol. The van der Waals surface area contributed by atoms with E-state index in [-0.39, 0.29) is 25.5 Å². The van der Waals surface area contributed by atoms with Gasteiger partial charge in [-0.2, -0.15) is 13.2 Å². The second-order valence-corrected chi connectivity index (χ2v) is 7.97. The second kappa shape index (κ2) is 10.2. The Hall–Kier alpha value is -3.17. The highest BCUT2D eigenvalue weighted by Crippen LogP contribution is 2.29. The molecule has 9 heteroatoms. The summed E-state index contributed by atoms with van der Waals surface area (Å²) in [6, 6.07) is 12.3. The molecule has 3 N–H and O–H groups in total. The van der Waals surface area contributed by atoms with E-state index >= 15 is 0 Å². The van der Waals surface area contributed by atoms with Crippen molar-refractivity contribution in [3.63, 3.8) is 0 Å². The van der Waals surface area contributed by atoms with Gasteiger partial charge in [0, 0.05) is 18.9 Å². The standard InChI is InChI=1S/C24H25F3N2O4/c1-16(32)29-23(14-30,15-31)11-10-17-2-6-19(7-3-17)21-13-33-22(28-21)12-18-4-8-20(9-5-18)24(25,26)27/h2-9,13,30-31H,10-12,14-15H2,1H3,(H,29,32). The Morgan fingerprint density at radius 1 is 1.00 bits per heavy atom. The van der Waals surface area contributed by atoms with Gasteiger partial charge in [-0.1, -0.05) is 36.4 Å². The first-order chi connectivity index (χ1) is 15.6. The molecule has 0 atom stereocenters. The number of rotatable bonds is 9. The lowest BCUT2D eigenvalue weighted by molar-refractivity contribution is -0.137. The van der Waals surface area contributed by atoms with Gasteiger partial charge in [0.15, 0.2) is 5.89 Å². The van der Waals surface area contributed by atoms with Gasteiger partial charge in [-0.3, -0.25) is 4.79 Å². The van der Waals surface area contributed by atoms with Gasteiger partial charge in [0.1, 0.15) is 12.0 Å². The zero-order chi connectivity index (χ0) is 24.1. The van der Waals surface area contributed by atoms with Crippen molar-refractivity contribution in [1.29, 1.82) is 0 Å². The van der Waals surface area contributed by atoms with Crippen molar-refractivity contribution in [2.45, 2.75) is 37.9 Å². The summed E-state index contributed by atoms with van der Waals surface area (Å²) in [7, 11) is 0. The number of nitrogens with one attached hydrogen (secondary N) is 1. The molecule has 0 radical (unpaired) electrons. The number of carbonyl (C=O) groups excluding carboxylic acids is 1. The fraction of sp³-hybridized carbons (Fsp3) is 0.333. The molecule has 0 aliphatic heterocycles. The molecular formula is C24H25F3N2O4. The molecule has 0 aliphatic rings. The van der Waals surface area contributed by atoms with Crippen molar-refractivity contribution in [1.82, 2.24) is 10.3 Å². The smallest absolute Gasteiger partial charge is 0.416 e. The Kier molecular flexibility index (Phi) is 7.55. The van der Waals surface area contributed by atoms with Crippen LogP contribution in [-0.4, -0.2) is 39.9 Å². The molecule has 0 saturated heterocycles. The molecule has 0 saturated carbocycles. The third kappa shape index (κ3) is 6.43. The number of halogens is 3. The maximum absolute atomic E-state index is 12.7. The number of aliphatic hydroxyl groups excluding tert-OH is 2.